The largest absolute Gasteiger partial charge is 0.480 e. The molecule has 0 bridgehead atoms. The van der Waals surface area contributed by atoms with E-state index in [0.29, 0.717) is 12.2 Å². The van der Waals surface area contributed by atoms with Crippen LogP contribution in [0, 0.1) is 5.41 Å². The summed E-state index contributed by atoms with van der Waals surface area (Å²) < 4.78 is 1.77. The number of nitrogens with one attached hydrogen (secondary N) is 1. The van der Waals surface area contributed by atoms with E-state index in [-0.39, 0.29) is 5.91 Å². The van der Waals surface area contributed by atoms with Crippen molar-refractivity contribution in [1.82, 2.24) is 9.88 Å². The van der Waals surface area contributed by atoms with E-state index in [1.165, 1.54) is 0 Å². The van der Waals surface area contributed by atoms with Crippen LogP contribution in [0.1, 0.15) is 38.2 Å². The summed E-state index contributed by atoms with van der Waals surface area (Å²) in [7, 11) is 0. The highest BCUT2D eigenvalue weighted by molar-refractivity contribution is 5.95. The maximum absolute atomic E-state index is 12.1. The molecule has 0 aliphatic rings. The molecule has 1 atom stereocenters. The van der Waals surface area contributed by atoms with Gasteiger partial charge in [-0.2, -0.15) is 0 Å². The lowest BCUT2D eigenvalue weighted by molar-refractivity contribution is -0.142. The van der Waals surface area contributed by atoms with E-state index in [1.807, 2.05) is 6.92 Å². The Morgan fingerprint density at radius 1 is 1.44 bits per heavy atom. The molecule has 0 aromatic carbocycles. The first-order valence-electron chi connectivity index (χ1n) is 5.96. The summed E-state index contributed by atoms with van der Waals surface area (Å²) in [6.07, 6.45) is 1.79. The van der Waals surface area contributed by atoms with Crippen molar-refractivity contribution in [3.05, 3.63) is 24.0 Å². The molecule has 0 aliphatic carbocycles. The van der Waals surface area contributed by atoms with Crippen molar-refractivity contribution in [2.45, 2.75) is 40.3 Å². The van der Waals surface area contributed by atoms with Crippen LogP contribution in [0.2, 0.25) is 0 Å². The fourth-order valence-electron chi connectivity index (χ4n) is 1.75. The third-order valence-corrected chi connectivity index (χ3v) is 2.79. The molecule has 1 heterocycles. The van der Waals surface area contributed by atoms with Crippen molar-refractivity contribution in [3.8, 4) is 0 Å². The number of carbonyl (C=O) groups excluding carboxylic acids is 1. The summed E-state index contributed by atoms with van der Waals surface area (Å²) in [4.78, 5) is 23.2. The molecule has 0 saturated carbocycles. The molecule has 0 fully saturated rings. The molecule has 0 spiro atoms. The molecule has 5 heteroatoms. The van der Waals surface area contributed by atoms with Crippen LogP contribution in [0.15, 0.2) is 18.3 Å². The maximum atomic E-state index is 12.1. The third kappa shape index (κ3) is 3.12. The zero-order valence-electron chi connectivity index (χ0n) is 11.2. The van der Waals surface area contributed by atoms with E-state index in [4.69, 9.17) is 5.11 Å². The first-order valence-corrected chi connectivity index (χ1v) is 5.96. The zero-order chi connectivity index (χ0) is 13.9. The van der Waals surface area contributed by atoms with Crippen LogP contribution in [-0.2, 0) is 11.3 Å². The molecule has 5 nitrogen and oxygen atoms in total. The molecule has 1 rings (SSSR count). The van der Waals surface area contributed by atoms with Crippen LogP contribution in [0.25, 0.3) is 0 Å². The van der Waals surface area contributed by atoms with Crippen LogP contribution in [0.5, 0.6) is 0 Å². The summed E-state index contributed by atoms with van der Waals surface area (Å²) >= 11 is 0. The average molecular weight is 252 g/mol. The normalized spacial score (nSPS) is 13.1. The summed E-state index contributed by atoms with van der Waals surface area (Å²) in [6, 6.07) is 2.54. The van der Waals surface area contributed by atoms with Crippen LogP contribution in [0.4, 0.5) is 0 Å². The van der Waals surface area contributed by atoms with Crippen LogP contribution >= 0.6 is 0 Å². The number of carboxylic acid groups (broad SMARTS) is 1. The number of carboxylic acids is 1. The van der Waals surface area contributed by atoms with Crippen molar-refractivity contribution in [3.63, 3.8) is 0 Å². The van der Waals surface area contributed by atoms with Gasteiger partial charge < -0.3 is 15.0 Å². The van der Waals surface area contributed by atoms with Crippen LogP contribution in [-0.4, -0.2) is 27.6 Å². The number of hydrogen-bond donors (Lipinski definition) is 2. The van der Waals surface area contributed by atoms with Crippen molar-refractivity contribution in [2.24, 2.45) is 5.41 Å². The van der Waals surface area contributed by atoms with Gasteiger partial charge in [-0.15, -0.1) is 0 Å². The Balaban J connectivity index is 2.89. The Morgan fingerprint density at radius 2 is 2.06 bits per heavy atom. The number of carbonyl (C=O) groups is 2. The average Bonchev–Trinajstić information content (AvgIpc) is 2.71. The number of aromatic nitrogens is 1. The molecule has 18 heavy (non-hydrogen) atoms. The number of hydrogen-bond acceptors (Lipinski definition) is 2. The summed E-state index contributed by atoms with van der Waals surface area (Å²) in [5.41, 5.74) is -0.0569. The zero-order valence-corrected chi connectivity index (χ0v) is 11.2. The molecule has 1 unspecified atom stereocenters. The number of nitrogens with zero attached hydrogens (tertiary/aromatic N) is 1. The second-order valence-corrected chi connectivity index (χ2v) is 5.29. The minimum Gasteiger partial charge on any atom is -0.480 e. The molecule has 1 amide bonds. The fourth-order valence-corrected chi connectivity index (χ4v) is 1.75. The van der Waals surface area contributed by atoms with Gasteiger partial charge >= 0.3 is 5.97 Å². The Hall–Kier alpha value is -1.78. The van der Waals surface area contributed by atoms with Gasteiger partial charge in [0.25, 0.3) is 5.91 Å². The Kier molecular flexibility index (Phi) is 4.16. The quantitative estimate of drug-likeness (QED) is 0.857. The second-order valence-electron chi connectivity index (χ2n) is 5.29. The lowest BCUT2D eigenvalue weighted by Crippen LogP contribution is -2.49. The maximum Gasteiger partial charge on any atom is 0.326 e. The highest BCUT2D eigenvalue weighted by Crippen LogP contribution is 2.20. The van der Waals surface area contributed by atoms with Gasteiger partial charge in [0.2, 0.25) is 0 Å². The number of aryl methyl sites for hydroxylation is 1. The van der Waals surface area contributed by atoms with Crippen LogP contribution in [0.3, 0.4) is 0 Å². The fraction of sp³-hybridized carbons (Fsp3) is 0.538. The summed E-state index contributed by atoms with van der Waals surface area (Å²) in [5, 5.41) is 11.7. The van der Waals surface area contributed by atoms with Gasteiger partial charge in [0, 0.05) is 12.7 Å². The molecule has 0 radical (unpaired) electrons. The van der Waals surface area contributed by atoms with Crippen molar-refractivity contribution < 1.29 is 14.7 Å². The predicted molar refractivity (Wildman–Crippen MR) is 68.5 cm³/mol. The molecular formula is C13H20N2O3. The van der Waals surface area contributed by atoms with Gasteiger partial charge in [-0.1, -0.05) is 20.8 Å². The van der Waals surface area contributed by atoms with Crippen molar-refractivity contribution in [1.29, 1.82) is 0 Å². The van der Waals surface area contributed by atoms with Gasteiger partial charge in [-0.3, -0.25) is 4.79 Å². The SMILES string of the molecule is CCn1cccc1C(=O)NC(C(=O)O)C(C)(C)C. The van der Waals surface area contributed by atoms with Crippen molar-refractivity contribution in [2.75, 3.05) is 0 Å². The van der Waals surface area contributed by atoms with E-state index in [1.54, 1.807) is 43.7 Å². The van der Waals surface area contributed by atoms with E-state index < -0.39 is 17.4 Å². The predicted octanol–water partition coefficient (Wildman–Crippen LogP) is 1.74. The molecule has 100 valence electrons. The molecule has 2 N–H and O–H groups in total. The standard InChI is InChI=1S/C13H20N2O3/c1-5-15-8-6-7-9(15)11(16)14-10(12(17)18)13(2,3)4/h6-8,10H,5H2,1-4H3,(H,14,16)(H,17,18). The van der Waals surface area contributed by atoms with Gasteiger partial charge in [0.1, 0.15) is 11.7 Å². The minimum atomic E-state index is -1.02. The van der Waals surface area contributed by atoms with Gasteiger partial charge in [0.15, 0.2) is 0 Å². The lowest BCUT2D eigenvalue weighted by atomic mass is 9.86. The first kappa shape index (κ1) is 14.3. The third-order valence-electron chi connectivity index (χ3n) is 2.79. The topological polar surface area (TPSA) is 71.3 Å². The van der Waals surface area contributed by atoms with Gasteiger partial charge in [0.05, 0.1) is 0 Å². The molecule has 1 aromatic heterocycles. The lowest BCUT2D eigenvalue weighted by Gasteiger charge is -2.27. The molecular weight excluding hydrogens is 232 g/mol. The van der Waals surface area contributed by atoms with Crippen molar-refractivity contribution >= 4 is 11.9 Å². The summed E-state index contributed by atoms with van der Waals surface area (Å²) in [5.74, 6) is -1.38. The summed E-state index contributed by atoms with van der Waals surface area (Å²) in [6.45, 7) is 7.94. The molecule has 0 saturated heterocycles. The van der Waals surface area contributed by atoms with E-state index in [2.05, 4.69) is 5.32 Å². The monoisotopic (exact) mass is 252 g/mol. The number of aliphatic carboxylic acids is 1. The number of amides is 1. The highest BCUT2D eigenvalue weighted by atomic mass is 16.4. The van der Waals surface area contributed by atoms with Gasteiger partial charge in [-0.05, 0) is 24.5 Å². The van der Waals surface area contributed by atoms with Crippen LogP contribution < -0.4 is 5.32 Å². The van der Waals surface area contributed by atoms with Gasteiger partial charge in [-0.25, -0.2) is 4.79 Å². The minimum absolute atomic E-state index is 0.357. The van der Waals surface area contributed by atoms with E-state index in [0.717, 1.165) is 0 Å². The first-order chi connectivity index (χ1) is 8.27. The molecule has 1 aromatic rings. The highest BCUT2D eigenvalue weighted by Gasteiger charge is 2.33. The molecule has 0 aliphatic heterocycles. The van der Waals surface area contributed by atoms with E-state index in [9.17, 15) is 9.59 Å². The van der Waals surface area contributed by atoms with E-state index >= 15 is 0 Å². The smallest absolute Gasteiger partial charge is 0.326 e. The Bertz CT molecular complexity index is 443. The Labute approximate surface area is 107 Å². The second kappa shape index (κ2) is 5.25. The number of rotatable bonds is 4. The Morgan fingerprint density at radius 3 is 2.50 bits per heavy atom.